The first kappa shape index (κ1) is 27.4. The van der Waals surface area contributed by atoms with Crippen LogP contribution in [0, 0.1) is 0 Å². The molecule has 1 atom stereocenters. The van der Waals surface area contributed by atoms with Crippen LogP contribution in [0.15, 0.2) is 158 Å². The van der Waals surface area contributed by atoms with Gasteiger partial charge in [-0.05, 0) is 74.4 Å². The van der Waals surface area contributed by atoms with E-state index in [0.717, 1.165) is 6.42 Å². The number of hydrogen-bond acceptors (Lipinski definition) is 1. The minimum atomic E-state index is -2.81. The van der Waals surface area contributed by atoms with Gasteiger partial charge in [-0.15, -0.1) is 11.3 Å². The summed E-state index contributed by atoms with van der Waals surface area (Å²) in [5, 5.41) is 9.68. The maximum Gasteiger partial charge on any atom is 0.181 e. The molecular weight excluding hydrogens is 591 g/mol. The van der Waals surface area contributed by atoms with Crippen LogP contribution in [-0.4, -0.2) is 12.6 Å². The van der Waals surface area contributed by atoms with Crippen molar-refractivity contribution < 1.29 is 0 Å². The summed E-state index contributed by atoms with van der Waals surface area (Å²) in [6, 6.07) is 56.9. The molecular formula is C43H33NSSi. The van der Waals surface area contributed by atoms with E-state index in [4.69, 9.17) is 0 Å². The molecule has 0 saturated carbocycles. The van der Waals surface area contributed by atoms with Gasteiger partial charge in [-0.2, -0.15) is 0 Å². The highest BCUT2D eigenvalue weighted by atomic mass is 32.1. The van der Waals surface area contributed by atoms with Gasteiger partial charge in [0, 0.05) is 26.0 Å². The van der Waals surface area contributed by atoms with E-state index < -0.39 is 8.07 Å². The predicted octanol–water partition coefficient (Wildman–Crippen LogP) is 8.90. The molecule has 0 fully saturated rings. The highest BCUT2D eigenvalue weighted by molar-refractivity contribution is 7.27. The Morgan fingerprint density at radius 2 is 1.15 bits per heavy atom. The van der Waals surface area contributed by atoms with E-state index in [-0.39, 0.29) is 0 Å². The zero-order valence-corrected chi connectivity index (χ0v) is 27.5. The first-order valence-corrected chi connectivity index (χ1v) is 19.0. The molecule has 1 nitrogen and oxygen atoms in total. The second-order valence-electron chi connectivity index (χ2n) is 12.5. The Morgan fingerprint density at radius 3 is 1.83 bits per heavy atom. The van der Waals surface area contributed by atoms with E-state index in [9.17, 15) is 0 Å². The summed E-state index contributed by atoms with van der Waals surface area (Å²) in [6.07, 6.45) is 5.82. The van der Waals surface area contributed by atoms with Crippen molar-refractivity contribution in [1.82, 2.24) is 4.57 Å². The monoisotopic (exact) mass is 623 g/mol. The Bertz CT molecular complexity index is 2320. The average Bonchev–Trinajstić information content (AvgIpc) is 3.67. The number of hydrogen-bond donors (Lipinski definition) is 0. The second kappa shape index (κ2) is 10.8. The normalized spacial score (nSPS) is 14.7. The molecule has 2 aromatic heterocycles. The van der Waals surface area contributed by atoms with Gasteiger partial charge in [-0.25, -0.2) is 0 Å². The lowest BCUT2D eigenvalue weighted by Crippen LogP contribution is -2.74. The Labute approximate surface area is 274 Å². The average molecular weight is 624 g/mol. The Hall–Kier alpha value is -4.96. The zero-order valence-electron chi connectivity index (χ0n) is 25.7. The molecule has 0 bridgehead atoms. The van der Waals surface area contributed by atoms with Crippen LogP contribution < -0.4 is 20.7 Å². The highest BCUT2D eigenvalue weighted by Crippen LogP contribution is 2.41. The fraction of sp³-hybridized carbons (Fsp3) is 0.0698. The third kappa shape index (κ3) is 3.99. The fourth-order valence-corrected chi connectivity index (χ4v) is 14.7. The molecule has 2 heterocycles. The van der Waals surface area contributed by atoms with Crippen LogP contribution in [0.2, 0.25) is 0 Å². The third-order valence-electron chi connectivity index (χ3n) is 9.97. The molecule has 6 aromatic carbocycles. The van der Waals surface area contributed by atoms with Gasteiger partial charge in [0.2, 0.25) is 0 Å². The number of rotatable bonds is 5. The molecule has 0 amide bonds. The number of allylic oxidation sites excluding steroid dienone is 1. The van der Waals surface area contributed by atoms with E-state index in [0.29, 0.717) is 5.92 Å². The van der Waals surface area contributed by atoms with Gasteiger partial charge in [-0.3, -0.25) is 0 Å². The van der Waals surface area contributed by atoms with Gasteiger partial charge >= 0.3 is 0 Å². The number of thiophene rings is 1. The smallest absolute Gasteiger partial charge is 0.181 e. The molecule has 0 N–H and O–H groups in total. The molecule has 9 rings (SSSR count). The van der Waals surface area contributed by atoms with Crippen LogP contribution in [0.3, 0.4) is 0 Å². The SMILES string of the molecule is CC1CC=Cc2sc3c([Si](c4ccccc4)(c4ccccc4)c4cccc(-n5c6ccccc6c6ccccc65)c4)cccc3c21. The number of para-hydroxylation sites is 2. The first-order valence-electron chi connectivity index (χ1n) is 16.2. The van der Waals surface area contributed by atoms with Crippen LogP contribution in [0.25, 0.3) is 43.7 Å². The molecule has 0 spiro atoms. The topological polar surface area (TPSA) is 4.93 Å². The molecule has 1 aliphatic carbocycles. The highest BCUT2D eigenvalue weighted by Gasteiger charge is 2.43. The van der Waals surface area contributed by atoms with Gasteiger partial charge in [0.05, 0.1) is 11.0 Å². The summed E-state index contributed by atoms with van der Waals surface area (Å²) in [5.41, 5.74) is 5.20. The van der Waals surface area contributed by atoms with Crippen molar-refractivity contribution in [3.8, 4) is 5.69 Å². The van der Waals surface area contributed by atoms with E-state index in [1.165, 1.54) is 68.8 Å². The summed E-state index contributed by atoms with van der Waals surface area (Å²) in [5.74, 6) is 0.521. The van der Waals surface area contributed by atoms with Crippen molar-refractivity contribution in [2.45, 2.75) is 19.3 Å². The molecule has 220 valence electrons. The van der Waals surface area contributed by atoms with E-state index in [1.54, 1.807) is 0 Å². The Kier molecular flexibility index (Phi) is 6.44. The second-order valence-corrected chi connectivity index (χ2v) is 17.3. The maximum absolute atomic E-state index is 2.81. The van der Waals surface area contributed by atoms with Crippen molar-refractivity contribution in [2.24, 2.45) is 0 Å². The largest absolute Gasteiger partial charge is 0.309 e. The molecule has 46 heavy (non-hydrogen) atoms. The molecule has 3 heteroatoms. The predicted molar refractivity (Wildman–Crippen MR) is 202 cm³/mol. The quantitative estimate of drug-likeness (QED) is 0.133. The van der Waals surface area contributed by atoms with Gasteiger partial charge in [0.15, 0.2) is 8.07 Å². The van der Waals surface area contributed by atoms with E-state index in [1.807, 2.05) is 11.3 Å². The molecule has 0 radical (unpaired) electrons. The van der Waals surface area contributed by atoms with Gasteiger partial charge in [0.1, 0.15) is 0 Å². The number of benzene rings is 6. The van der Waals surface area contributed by atoms with Crippen molar-refractivity contribution in [3.63, 3.8) is 0 Å². The van der Waals surface area contributed by atoms with Crippen molar-refractivity contribution in [2.75, 3.05) is 0 Å². The van der Waals surface area contributed by atoms with Gasteiger partial charge in [-0.1, -0.05) is 140 Å². The minimum Gasteiger partial charge on any atom is -0.309 e. The third-order valence-corrected chi connectivity index (χ3v) is 16.2. The van der Waals surface area contributed by atoms with Crippen LogP contribution in [0.1, 0.15) is 29.7 Å². The van der Waals surface area contributed by atoms with E-state index in [2.05, 4.69) is 175 Å². The lowest BCUT2D eigenvalue weighted by molar-refractivity contribution is 0.783. The van der Waals surface area contributed by atoms with Gasteiger partial charge in [0.25, 0.3) is 0 Å². The number of nitrogens with zero attached hydrogens (tertiary/aromatic N) is 1. The van der Waals surface area contributed by atoms with Gasteiger partial charge < -0.3 is 4.57 Å². The molecule has 0 saturated heterocycles. The Balaban J connectivity index is 1.41. The van der Waals surface area contributed by atoms with Crippen molar-refractivity contribution in [3.05, 3.63) is 168 Å². The summed E-state index contributed by atoms with van der Waals surface area (Å²) in [6.45, 7) is 2.38. The lowest BCUT2D eigenvalue weighted by atomic mass is 9.91. The van der Waals surface area contributed by atoms with Crippen LogP contribution >= 0.6 is 11.3 Å². The molecule has 8 aromatic rings. The number of fused-ring (bicyclic) bond motifs is 6. The summed E-state index contributed by atoms with van der Waals surface area (Å²) in [4.78, 5) is 1.42. The summed E-state index contributed by atoms with van der Waals surface area (Å²) < 4.78 is 3.90. The maximum atomic E-state index is 2.50. The molecule has 1 unspecified atom stereocenters. The van der Waals surface area contributed by atoms with Crippen LogP contribution in [0.5, 0.6) is 0 Å². The molecule has 0 aliphatic heterocycles. The lowest BCUT2D eigenvalue weighted by Gasteiger charge is -2.35. The summed E-state index contributed by atoms with van der Waals surface area (Å²) in [7, 11) is -2.81. The van der Waals surface area contributed by atoms with Crippen LogP contribution in [-0.2, 0) is 0 Å². The fourth-order valence-electron chi connectivity index (χ4n) is 8.00. The standard InChI is InChI=1S/C43H33NSSi/c1-30-15-12-27-40-42(30)37-24-14-28-41(43(37)45-40)46(32-17-4-2-5-18-32,33-19-6-3-7-20-33)34-21-13-16-31(29-34)44-38-25-10-8-22-35(38)36-23-9-11-26-39(36)44/h2-14,16-30H,15H2,1H3. The minimum absolute atomic E-state index is 0.521. The van der Waals surface area contributed by atoms with Crippen molar-refractivity contribution in [1.29, 1.82) is 0 Å². The zero-order chi connectivity index (χ0) is 30.7. The molecule has 1 aliphatic rings. The summed E-state index contributed by atoms with van der Waals surface area (Å²) >= 11 is 1.99. The number of aromatic nitrogens is 1. The van der Waals surface area contributed by atoms with Crippen LogP contribution in [0.4, 0.5) is 0 Å². The van der Waals surface area contributed by atoms with E-state index >= 15 is 0 Å². The Morgan fingerprint density at radius 1 is 0.587 bits per heavy atom. The van der Waals surface area contributed by atoms with Crippen molar-refractivity contribution >= 4 is 78.1 Å². The first-order chi connectivity index (χ1) is 22.7.